The fourth-order valence-corrected chi connectivity index (χ4v) is 4.67. The average molecular weight is 389 g/mol. The molecule has 0 bridgehead atoms. The van der Waals surface area contributed by atoms with E-state index in [0.29, 0.717) is 4.31 Å². The lowest BCUT2D eigenvalue weighted by Gasteiger charge is -2.42. The minimum absolute atomic E-state index is 0.0760. The predicted molar refractivity (Wildman–Crippen MR) is 85.0 cm³/mol. The van der Waals surface area contributed by atoms with Gasteiger partial charge in [0.2, 0.25) is 5.91 Å². The van der Waals surface area contributed by atoms with E-state index in [1.165, 1.54) is 16.5 Å². The standard InChI is InChI=1S/C12H15N5O6S2/c1-6-10(19)13-12(15(2)14-6)24-5-8(18)16-4-3-7-9(16)11(20)17(7)25(21,22)23/h7,9H,3-5H2,1-2H3,(H,21,22,23)/t7-,9+/m1/s1. The van der Waals surface area contributed by atoms with Gasteiger partial charge in [0, 0.05) is 13.6 Å². The van der Waals surface area contributed by atoms with Crippen molar-refractivity contribution in [1.82, 2.24) is 24.0 Å². The van der Waals surface area contributed by atoms with Crippen LogP contribution in [0.5, 0.6) is 0 Å². The molecule has 3 heterocycles. The van der Waals surface area contributed by atoms with E-state index in [9.17, 15) is 22.8 Å². The van der Waals surface area contributed by atoms with Crippen LogP contribution in [0.25, 0.3) is 0 Å². The number of nitrogens with zero attached hydrogens (tertiary/aromatic N) is 5. The van der Waals surface area contributed by atoms with Crippen molar-refractivity contribution in [2.24, 2.45) is 7.05 Å². The van der Waals surface area contributed by atoms with Crippen LogP contribution in [0.3, 0.4) is 0 Å². The smallest absolute Gasteiger partial charge is 0.328 e. The fraction of sp³-hybridized carbons (Fsp3) is 0.583. The van der Waals surface area contributed by atoms with Gasteiger partial charge < -0.3 is 4.90 Å². The van der Waals surface area contributed by atoms with Crippen LogP contribution in [0.4, 0.5) is 0 Å². The molecule has 1 N–H and O–H groups in total. The van der Waals surface area contributed by atoms with Crippen LogP contribution in [0.15, 0.2) is 9.95 Å². The Kier molecular flexibility index (Phi) is 4.33. The Morgan fingerprint density at radius 1 is 1.40 bits per heavy atom. The third-order valence-corrected chi connectivity index (χ3v) is 6.07. The minimum atomic E-state index is -4.60. The van der Waals surface area contributed by atoms with Crippen LogP contribution in [-0.4, -0.2) is 73.1 Å². The molecule has 2 aliphatic heterocycles. The van der Waals surface area contributed by atoms with Gasteiger partial charge in [-0.15, -0.1) is 0 Å². The van der Waals surface area contributed by atoms with E-state index in [1.807, 2.05) is 0 Å². The van der Waals surface area contributed by atoms with E-state index in [0.717, 1.165) is 11.8 Å². The molecule has 25 heavy (non-hydrogen) atoms. The van der Waals surface area contributed by atoms with Crippen LogP contribution >= 0.6 is 11.8 Å². The maximum atomic E-state index is 12.4. The molecular weight excluding hydrogens is 374 g/mol. The van der Waals surface area contributed by atoms with Gasteiger partial charge in [0.15, 0.2) is 5.16 Å². The zero-order valence-electron chi connectivity index (χ0n) is 13.3. The Hall–Kier alpha value is -1.99. The molecule has 0 aromatic carbocycles. The molecule has 3 rings (SSSR count). The molecule has 2 fully saturated rings. The molecule has 0 spiro atoms. The molecule has 0 saturated carbocycles. The monoisotopic (exact) mass is 389 g/mol. The van der Waals surface area contributed by atoms with Gasteiger partial charge in [-0.1, -0.05) is 11.8 Å². The van der Waals surface area contributed by atoms with Crippen molar-refractivity contribution in [3.05, 3.63) is 16.0 Å². The molecule has 136 valence electrons. The zero-order valence-corrected chi connectivity index (χ0v) is 15.0. The summed E-state index contributed by atoms with van der Waals surface area (Å²) < 4.78 is 33.1. The maximum Gasteiger partial charge on any atom is 0.362 e. The number of aromatic nitrogens is 3. The second-order valence-electron chi connectivity index (χ2n) is 5.70. The topological polar surface area (TPSA) is 143 Å². The van der Waals surface area contributed by atoms with Gasteiger partial charge in [-0.3, -0.25) is 18.9 Å². The highest BCUT2D eigenvalue weighted by atomic mass is 32.2. The van der Waals surface area contributed by atoms with Crippen LogP contribution < -0.4 is 5.56 Å². The van der Waals surface area contributed by atoms with Gasteiger partial charge in [-0.2, -0.15) is 18.5 Å². The first kappa shape index (κ1) is 17.8. The molecule has 0 radical (unpaired) electrons. The number of hydrogen-bond acceptors (Lipinski definition) is 8. The average Bonchev–Trinajstić information content (AvgIpc) is 2.86. The number of amides is 2. The number of thioether (sulfide) groups is 1. The number of β-lactam (4-membered cyclic amide) rings is 1. The van der Waals surface area contributed by atoms with Crippen LogP contribution in [0.1, 0.15) is 12.1 Å². The van der Waals surface area contributed by atoms with Gasteiger partial charge >= 0.3 is 10.3 Å². The molecule has 0 aliphatic carbocycles. The van der Waals surface area contributed by atoms with Gasteiger partial charge in [0.05, 0.1) is 11.8 Å². The lowest BCUT2D eigenvalue weighted by molar-refractivity contribution is -0.150. The number of rotatable bonds is 4. The van der Waals surface area contributed by atoms with E-state index >= 15 is 0 Å². The summed E-state index contributed by atoms with van der Waals surface area (Å²) in [6.07, 6.45) is 0.273. The fourth-order valence-electron chi connectivity index (χ4n) is 2.98. The van der Waals surface area contributed by atoms with Crippen molar-refractivity contribution < 1.29 is 22.6 Å². The number of fused-ring (bicyclic) bond motifs is 1. The van der Waals surface area contributed by atoms with E-state index in [1.54, 1.807) is 7.05 Å². The van der Waals surface area contributed by atoms with Gasteiger partial charge in [-0.25, -0.2) is 8.99 Å². The number of hydrogen-bond donors (Lipinski definition) is 1. The number of likely N-dealkylation sites (tertiary alicyclic amines) is 1. The quantitative estimate of drug-likeness (QED) is 0.358. The summed E-state index contributed by atoms with van der Waals surface area (Å²) in [5.41, 5.74) is -0.238. The Morgan fingerprint density at radius 2 is 2.08 bits per heavy atom. The number of carbonyl (C=O) groups is 2. The molecule has 13 heteroatoms. The summed E-state index contributed by atoms with van der Waals surface area (Å²) in [5, 5.41) is 4.24. The Balaban J connectivity index is 1.67. The molecule has 2 amide bonds. The largest absolute Gasteiger partial charge is 0.362 e. The summed E-state index contributed by atoms with van der Waals surface area (Å²) in [6.45, 7) is 1.74. The maximum absolute atomic E-state index is 12.4. The lowest BCUT2D eigenvalue weighted by Crippen LogP contribution is -2.68. The van der Waals surface area contributed by atoms with Crippen molar-refractivity contribution in [2.75, 3.05) is 12.3 Å². The third kappa shape index (κ3) is 3.02. The molecule has 1 aromatic heterocycles. The molecule has 11 nitrogen and oxygen atoms in total. The number of carbonyl (C=O) groups excluding carboxylic acids is 2. The Bertz CT molecular complexity index is 913. The van der Waals surface area contributed by atoms with Crippen molar-refractivity contribution in [3.8, 4) is 0 Å². The molecule has 2 atom stereocenters. The number of aryl methyl sites for hydroxylation is 2. The van der Waals surface area contributed by atoms with Crippen LogP contribution in [-0.2, 0) is 26.9 Å². The third-order valence-electron chi connectivity index (χ3n) is 4.11. The first-order chi connectivity index (χ1) is 11.6. The van der Waals surface area contributed by atoms with Crippen molar-refractivity contribution in [1.29, 1.82) is 0 Å². The van der Waals surface area contributed by atoms with E-state index < -0.39 is 33.9 Å². The minimum Gasteiger partial charge on any atom is -0.328 e. The summed E-state index contributed by atoms with van der Waals surface area (Å²) in [6, 6.07) is -1.59. The van der Waals surface area contributed by atoms with Crippen molar-refractivity contribution in [3.63, 3.8) is 0 Å². The normalized spacial score (nSPS) is 22.8. The van der Waals surface area contributed by atoms with Crippen LogP contribution in [0.2, 0.25) is 0 Å². The Morgan fingerprint density at radius 3 is 2.72 bits per heavy atom. The zero-order chi connectivity index (χ0) is 18.5. The van der Waals surface area contributed by atoms with E-state index in [2.05, 4.69) is 10.1 Å². The van der Waals surface area contributed by atoms with Crippen molar-refractivity contribution >= 4 is 33.9 Å². The highest BCUT2D eigenvalue weighted by Gasteiger charge is 2.59. The Labute approximate surface area is 146 Å². The van der Waals surface area contributed by atoms with Gasteiger partial charge in [-0.05, 0) is 13.3 Å². The van der Waals surface area contributed by atoms with Crippen molar-refractivity contribution in [2.45, 2.75) is 30.6 Å². The van der Waals surface area contributed by atoms with Crippen LogP contribution in [0, 0.1) is 6.92 Å². The summed E-state index contributed by atoms with van der Waals surface area (Å²) in [7, 11) is -3.01. The molecule has 1 aromatic rings. The highest BCUT2D eigenvalue weighted by Crippen LogP contribution is 2.36. The molecule has 2 aliphatic rings. The van der Waals surface area contributed by atoms with E-state index in [4.69, 9.17) is 4.55 Å². The summed E-state index contributed by atoms with van der Waals surface area (Å²) >= 11 is 1.01. The molecule has 2 saturated heterocycles. The van der Waals surface area contributed by atoms with Gasteiger partial charge in [0.25, 0.3) is 11.5 Å². The SMILES string of the molecule is Cc1nn(C)c(SCC(=O)N2CC[C@@H]3[C@H]2C(=O)N3S(=O)(=O)O)nc1=O. The first-order valence-electron chi connectivity index (χ1n) is 7.26. The lowest BCUT2D eigenvalue weighted by atomic mass is 10.0. The van der Waals surface area contributed by atoms with Gasteiger partial charge in [0.1, 0.15) is 11.7 Å². The second kappa shape index (κ2) is 6.07. The summed E-state index contributed by atoms with van der Waals surface area (Å²) in [5.74, 6) is -1.27. The highest BCUT2D eigenvalue weighted by molar-refractivity contribution is 7.99. The second-order valence-corrected chi connectivity index (χ2v) is 7.93. The predicted octanol–water partition coefficient (Wildman–Crippen LogP) is -1.81. The van der Waals surface area contributed by atoms with E-state index in [-0.39, 0.29) is 35.5 Å². The molecule has 0 unspecified atom stereocenters. The molecular formula is C12H15N5O6S2. The first-order valence-corrected chi connectivity index (χ1v) is 9.64. The summed E-state index contributed by atoms with van der Waals surface area (Å²) in [4.78, 5) is 41.0.